The maximum atomic E-state index is 13.2. The molecule has 1 aromatic carbocycles. The Morgan fingerprint density at radius 3 is 2.63 bits per heavy atom. The number of hydrogen-bond donors (Lipinski definition) is 3. The van der Waals surface area contributed by atoms with Crippen LogP contribution in [0.4, 0.5) is 10.1 Å². The Labute approximate surface area is 110 Å². The maximum absolute atomic E-state index is 13.2. The van der Waals surface area contributed by atoms with Gasteiger partial charge in [-0.25, -0.2) is 4.39 Å². The first kappa shape index (κ1) is 13.3. The molecule has 1 aliphatic carbocycles. The molecule has 102 valence electrons. The predicted octanol–water partition coefficient (Wildman–Crippen LogP) is 0.664. The van der Waals surface area contributed by atoms with E-state index in [1.165, 1.54) is 18.2 Å². The third kappa shape index (κ3) is 3.43. The van der Waals surface area contributed by atoms with Crippen LogP contribution in [0.5, 0.6) is 0 Å². The number of halogens is 1. The van der Waals surface area contributed by atoms with E-state index in [1.807, 2.05) is 0 Å². The Bertz CT molecular complexity index is 501. The number of amides is 2. The van der Waals surface area contributed by atoms with E-state index in [-0.39, 0.29) is 29.6 Å². The minimum absolute atomic E-state index is 0.0273. The molecule has 0 spiro atoms. The molecule has 1 saturated carbocycles. The van der Waals surface area contributed by atoms with Crippen LogP contribution in [-0.2, 0) is 4.79 Å². The van der Waals surface area contributed by atoms with Crippen LogP contribution in [0, 0.1) is 11.7 Å². The lowest BCUT2D eigenvalue weighted by molar-refractivity contribution is -0.122. The van der Waals surface area contributed by atoms with Crippen molar-refractivity contribution in [3.05, 3.63) is 29.6 Å². The van der Waals surface area contributed by atoms with Gasteiger partial charge in [0.2, 0.25) is 5.91 Å². The monoisotopic (exact) mass is 265 g/mol. The Balaban J connectivity index is 1.77. The number of benzene rings is 1. The zero-order chi connectivity index (χ0) is 13.8. The second-order valence-corrected chi connectivity index (χ2v) is 4.52. The molecule has 0 radical (unpaired) electrons. The van der Waals surface area contributed by atoms with Crippen LogP contribution in [0.1, 0.15) is 23.2 Å². The molecule has 4 N–H and O–H groups in total. The van der Waals surface area contributed by atoms with Crippen molar-refractivity contribution in [1.29, 1.82) is 0 Å². The standard InChI is InChI=1S/C13H16FN3O2/c14-10-3-1-2-9(11(10)15)13(19)17-7-6-16-12(18)8-4-5-8/h1-3,8H,4-7,15H2,(H,16,18)(H,17,19). The normalized spacial score (nSPS) is 13.9. The number of hydrogen-bond acceptors (Lipinski definition) is 3. The van der Waals surface area contributed by atoms with Gasteiger partial charge in [-0.3, -0.25) is 9.59 Å². The summed E-state index contributed by atoms with van der Waals surface area (Å²) in [5.74, 6) is -0.888. The molecule has 0 unspecified atom stereocenters. The summed E-state index contributed by atoms with van der Waals surface area (Å²) in [5.41, 5.74) is 5.42. The van der Waals surface area contributed by atoms with Gasteiger partial charge in [-0.15, -0.1) is 0 Å². The molecule has 0 bridgehead atoms. The molecule has 1 fully saturated rings. The predicted molar refractivity (Wildman–Crippen MR) is 68.9 cm³/mol. The second-order valence-electron chi connectivity index (χ2n) is 4.52. The molecule has 0 aliphatic heterocycles. The highest BCUT2D eigenvalue weighted by molar-refractivity contribution is 5.99. The molecule has 0 atom stereocenters. The molecule has 0 heterocycles. The highest BCUT2D eigenvalue weighted by atomic mass is 19.1. The van der Waals surface area contributed by atoms with Crippen molar-refractivity contribution in [1.82, 2.24) is 10.6 Å². The van der Waals surface area contributed by atoms with E-state index in [4.69, 9.17) is 5.73 Å². The third-order valence-electron chi connectivity index (χ3n) is 2.96. The van der Waals surface area contributed by atoms with Gasteiger partial charge in [0.05, 0.1) is 11.3 Å². The van der Waals surface area contributed by atoms with Gasteiger partial charge in [-0.1, -0.05) is 6.07 Å². The van der Waals surface area contributed by atoms with Crippen molar-refractivity contribution in [2.45, 2.75) is 12.8 Å². The van der Waals surface area contributed by atoms with Gasteiger partial charge in [0.15, 0.2) is 0 Å². The Morgan fingerprint density at radius 2 is 1.95 bits per heavy atom. The molecule has 19 heavy (non-hydrogen) atoms. The van der Waals surface area contributed by atoms with Crippen molar-refractivity contribution in [2.75, 3.05) is 18.8 Å². The Kier molecular flexibility index (Phi) is 3.99. The average Bonchev–Trinajstić information content (AvgIpc) is 3.21. The number of nitrogens with two attached hydrogens (primary N) is 1. The maximum Gasteiger partial charge on any atom is 0.253 e. The summed E-state index contributed by atoms with van der Waals surface area (Å²) in [7, 11) is 0. The summed E-state index contributed by atoms with van der Waals surface area (Å²) < 4.78 is 13.2. The lowest BCUT2D eigenvalue weighted by Gasteiger charge is -2.08. The van der Waals surface area contributed by atoms with Crippen LogP contribution >= 0.6 is 0 Å². The second kappa shape index (κ2) is 5.69. The molecular weight excluding hydrogens is 249 g/mol. The van der Waals surface area contributed by atoms with Gasteiger partial charge in [0, 0.05) is 19.0 Å². The molecule has 0 saturated heterocycles. The summed E-state index contributed by atoms with van der Waals surface area (Å²) in [6.07, 6.45) is 1.88. The first-order valence-electron chi connectivity index (χ1n) is 6.19. The van der Waals surface area contributed by atoms with Crippen LogP contribution in [0.15, 0.2) is 18.2 Å². The number of nitrogen functional groups attached to an aromatic ring is 1. The van der Waals surface area contributed by atoms with Crippen molar-refractivity contribution < 1.29 is 14.0 Å². The quantitative estimate of drug-likeness (QED) is 0.540. The number of carbonyl (C=O) groups is 2. The summed E-state index contributed by atoms with van der Waals surface area (Å²) in [6.45, 7) is 0.642. The van der Waals surface area contributed by atoms with E-state index < -0.39 is 11.7 Å². The molecule has 1 aromatic rings. The van der Waals surface area contributed by atoms with E-state index in [2.05, 4.69) is 10.6 Å². The van der Waals surface area contributed by atoms with E-state index in [9.17, 15) is 14.0 Å². The highest BCUT2D eigenvalue weighted by Crippen LogP contribution is 2.28. The molecular formula is C13H16FN3O2. The fourth-order valence-corrected chi connectivity index (χ4v) is 1.68. The van der Waals surface area contributed by atoms with Gasteiger partial charge in [-0.2, -0.15) is 0 Å². The van der Waals surface area contributed by atoms with Crippen LogP contribution in [0.3, 0.4) is 0 Å². The summed E-state index contributed by atoms with van der Waals surface area (Å²) in [6, 6.07) is 4.08. The fourth-order valence-electron chi connectivity index (χ4n) is 1.68. The molecule has 2 amide bonds. The Hall–Kier alpha value is -2.11. The van der Waals surface area contributed by atoms with Gasteiger partial charge in [-0.05, 0) is 25.0 Å². The summed E-state index contributed by atoms with van der Waals surface area (Å²) >= 11 is 0. The van der Waals surface area contributed by atoms with Crippen LogP contribution < -0.4 is 16.4 Å². The highest BCUT2D eigenvalue weighted by Gasteiger charge is 2.29. The number of anilines is 1. The van der Waals surface area contributed by atoms with E-state index >= 15 is 0 Å². The third-order valence-corrected chi connectivity index (χ3v) is 2.96. The lowest BCUT2D eigenvalue weighted by atomic mass is 10.1. The van der Waals surface area contributed by atoms with Gasteiger partial charge in [0.25, 0.3) is 5.91 Å². The van der Waals surface area contributed by atoms with E-state index in [1.54, 1.807) is 0 Å². The van der Waals surface area contributed by atoms with Gasteiger partial charge < -0.3 is 16.4 Å². The minimum atomic E-state index is -0.616. The molecule has 0 aromatic heterocycles. The topological polar surface area (TPSA) is 84.2 Å². The molecule has 1 aliphatic rings. The van der Waals surface area contributed by atoms with Crippen LogP contribution in [-0.4, -0.2) is 24.9 Å². The smallest absolute Gasteiger partial charge is 0.253 e. The summed E-state index contributed by atoms with van der Waals surface area (Å²) in [4.78, 5) is 23.1. The number of carbonyl (C=O) groups excluding carboxylic acids is 2. The van der Waals surface area contributed by atoms with E-state index in [0.717, 1.165) is 12.8 Å². The van der Waals surface area contributed by atoms with Crippen molar-refractivity contribution in [3.8, 4) is 0 Å². The zero-order valence-corrected chi connectivity index (χ0v) is 10.4. The van der Waals surface area contributed by atoms with Crippen LogP contribution in [0.2, 0.25) is 0 Å². The van der Waals surface area contributed by atoms with Crippen LogP contribution in [0.25, 0.3) is 0 Å². The van der Waals surface area contributed by atoms with Crippen molar-refractivity contribution in [3.63, 3.8) is 0 Å². The first-order valence-corrected chi connectivity index (χ1v) is 6.19. The fraction of sp³-hybridized carbons (Fsp3) is 0.385. The number of para-hydroxylation sites is 1. The zero-order valence-electron chi connectivity index (χ0n) is 10.4. The molecule has 2 rings (SSSR count). The average molecular weight is 265 g/mol. The van der Waals surface area contributed by atoms with Gasteiger partial charge >= 0.3 is 0 Å². The minimum Gasteiger partial charge on any atom is -0.396 e. The first-order chi connectivity index (χ1) is 9.09. The lowest BCUT2D eigenvalue weighted by Crippen LogP contribution is -2.35. The summed E-state index contributed by atoms with van der Waals surface area (Å²) in [5, 5.41) is 5.30. The SMILES string of the molecule is Nc1c(F)cccc1C(=O)NCCNC(=O)C1CC1. The Morgan fingerprint density at radius 1 is 1.26 bits per heavy atom. The largest absolute Gasteiger partial charge is 0.396 e. The van der Waals surface area contributed by atoms with Gasteiger partial charge in [0.1, 0.15) is 5.82 Å². The number of nitrogens with one attached hydrogen (secondary N) is 2. The molecule has 6 heteroatoms. The molecule has 5 nitrogen and oxygen atoms in total. The number of rotatable bonds is 5. The van der Waals surface area contributed by atoms with Crippen molar-refractivity contribution >= 4 is 17.5 Å². The van der Waals surface area contributed by atoms with E-state index in [0.29, 0.717) is 6.54 Å². The van der Waals surface area contributed by atoms with Crippen molar-refractivity contribution in [2.24, 2.45) is 5.92 Å².